The van der Waals surface area contributed by atoms with Crippen molar-refractivity contribution in [1.29, 1.82) is 0 Å². The van der Waals surface area contributed by atoms with Gasteiger partial charge >= 0.3 is 0 Å². The molecule has 0 aromatic rings. The second-order valence-corrected chi connectivity index (χ2v) is 23.9. The average Bonchev–Trinajstić information content (AvgIpc) is 3.55. The number of ether oxygens (including phenoxy) is 4. The third kappa shape index (κ3) is 37.4. The summed E-state index contributed by atoms with van der Waals surface area (Å²) < 4.78 is 22.7. The van der Waals surface area contributed by atoms with E-state index in [4.69, 9.17) is 18.9 Å². The summed E-state index contributed by atoms with van der Waals surface area (Å²) in [6, 6.07) is -0.927. The van der Waals surface area contributed by atoms with Crippen LogP contribution in [-0.2, 0) is 23.7 Å². The molecule has 2 aliphatic rings. The second-order valence-electron chi connectivity index (χ2n) is 23.9. The van der Waals surface area contributed by atoms with E-state index < -0.39 is 86.8 Å². The molecule has 2 aliphatic heterocycles. The molecule has 0 radical (unpaired) electrons. The molecule has 2 heterocycles. The molecule has 0 spiro atoms. The molecule has 2 saturated heterocycles. The molecule has 2 fully saturated rings. The summed E-state index contributed by atoms with van der Waals surface area (Å²) in [6.45, 7) is 2.71. The van der Waals surface area contributed by atoms with Crippen LogP contribution in [0.4, 0.5) is 0 Å². The van der Waals surface area contributed by atoms with Gasteiger partial charge in [0.1, 0.15) is 48.8 Å². The molecular formula is C67H125NO13. The first-order valence-electron chi connectivity index (χ1n) is 33.7. The van der Waals surface area contributed by atoms with E-state index >= 15 is 0 Å². The lowest BCUT2D eigenvalue weighted by atomic mass is 9.97. The average molecular weight is 1150 g/mol. The van der Waals surface area contributed by atoms with Crippen LogP contribution >= 0.6 is 0 Å². The Morgan fingerprint density at radius 2 is 0.802 bits per heavy atom. The summed E-state index contributed by atoms with van der Waals surface area (Å²) in [5, 5.41) is 86.8. The van der Waals surface area contributed by atoms with E-state index in [0.29, 0.717) is 12.8 Å². The normalized spacial score (nSPS) is 24.3. The Morgan fingerprint density at radius 1 is 0.432 bits per heavy atom. The fraction of sp³-hybridized carbons (Fsp3) is 0.896. The molecule has 476 valence electrons. The van der Waals surface area contributed by atoms with Crippen molar-refractivity contribution in [3.63, 3.8) is 0 Å². The van der Waals surface area contributed by atoms with Gasteiger partial charge in [-0.3, -0.25) is 4.79 Å². The summed E-state index contributed by atoms with van der Waals surface area (Å²) in [6.07, 6.45) is 50.0. The van der Waals surface area contributed by atoms with E-state index in [0.717, 1.165) is 44.9 Å². The molecule has 14 nitrogen and oxygen atoms in total. The summed E-state index contributed by atoms with van der Waals surface area (Å²) in [5.74, 6) is -0.248. The Kier molecular flexibility index (Phi) is 48.8. The largest absolute Gasteiger partial charge is 0.394 e. The molecule has 0 bridgehead atoms. The van der Waals surface area contributed by atoms with Crippen LogP contribution in [0.25, 0.3) is 0 Å². The van der Waals surface area contributed by atoms with Crippen molar-refractivity contribution in [3.05, 3.63) is 36.5 Å². The predicted octanol–water partition coefficient (Wildman–Crippen LogP) is 13.0. The predicted molar refractivity (Wildman–Crippen MR) is 328 cm³/mol. The van der Waals surface area contributed by atoms with E-state index in [-0.39, 0.29) is 18.9 Å². The van der Waals surface area contributed by atoms with Gasteiger partial charge in [-0.25, -0.2) is 0 Å². The number of carbonyl (C=O) groups is 1. The number of carbonyl (C=O) groups excluding carboxylic acids is 1. The summed E-state index contributed by atoms with van der Waals surface area (Å²) >= 11 is 0. The zero-order chi connectivity index (χ0) is 58.8. The fourth-order valence-electron chi connectivity index (χ4n) is 11.1. The highest BCUT2D eigenvalue weighted by atomic mass is 16.7. The number of rotatable bonds is 55. The Labute approximate surface area is 493 Å². The van der Waals surface area contributed by atoms with Gasteiger partial charge in [0.25, 0.3) is 0 Å². The van der Waals surface area contributed by atoms with Gasteiger partial charge in [0.05, 0.1) is 32.0 Å². The van der Waals surface area contributed by atoms with Crippen LogP contribution in [0, 0.1) is 0 Å². The van der Waals surface area contributed by atoms with Crippen molar-refractivity contribution in [2.75, 3.05) is 19.8 Å². The van der Waals surface area contributed by atoms with Crippen LogP contribution in [0.2, 0.25) is 0 Å². The van der Waals surface area contributed by atoms with Crippen LogP contribution in [0.15, 0.2) is 36.5 Å². The molecule has 0 saturated carbocycles. The lowest BCUT2D eigenvalue weighted by Gasteiger charge is -2.46. The minimum Gasteiger partial charge on any atom is -0.394 e. The van der Waals surface area contributed by atoms with Gasteiger partial charge < -0.3 is 65.1 Å². The van der Waals surface area contributed by atoms with Gasteiger partial charge in [0.2, 0.25) is 5.91 Å². The molecule has 2 rings (SSSR count). The van der Waals surface area contributed by atoms with Crippen molar-refractivity contribution in [1.82, 2.24) is 5.32 Å². The fourth-order valence-corrected chi connectivity index (χ4v) is 11.1. The standard InChI is InChI=1S/C67H125NO13/c1-3-5-7-9-11-13-14-15-16-17-18-19-20-21-22-23-24-25-26-27-28-29-30-31-32-33-34-35-36-37-38-39-40-41-42-43-45-47-49-51-59(72)68-55(56(71)50-48-46-44-12-10-8-6-4-2)54-78-66-64(77)62(75)65(58(53-70)80-66)81-67-63(76)61(74)60(73)57(52-69)79-67/h10,12,17-18,48,50,55-58,60-67,69-71,73-77H,3-9,11,13-16,19-47,49,51-54H2,1-2H3,(H,68,72)/b12-10+,18-17-,50-48+. The lowest BCUT2D eigenvalue weighted by Crippen LogP contribution is -2.65. The van der Waals surface area contributed by atoms with Crippen LogP contribution in [0.1, 0.15) is 290 Å². The van der Waals surface area contributed by atoms with E-state index in [2.05, 4.69) is 43.5 Å². The summed E-state index contributed by atoms with van der Waals surface area (Å²) in [7, 11) is 0. The number of aliphatic hydroxyl groups is 8. The number of nitrogens with one attached hydrogen (secondary N) is 1. The van der Waals surface area contributed by atoms with Crippen molar-refractivity contribution >= 4 is 5.91 Å². The third-order valence-electron chi connectivity index (χ3n) is 16.5. The Morgan fingerprint density at radius 3 is 1.25 bits per heavy atom. The number of hydrogen-bond acceptors (Lipinski definition) is 13. The zero-order valence-corrected chi connectivity index (χ0v) is 51.5. The first-order valence-corrected chi connectivity index (χ1v) is 33.7. The SMILES string of the molecule is CCCC/C=C/CC/C=C/C(O)C(COC1OC(CO)C(OC2OC(CO)C(O)C(O)C2O)C(O)C1O)NC(=O)CCCCCCCCCCCCCCCCCCCCCCCCCCCCC/C=C\CCCCCCCCCC. The maximum Gasteiger partial charge on any atom is 0.220 e. The van der Waals surface area contributed by atoms with Gasteiger partial charge in [0.15, 0.2) is 12.6 Å². The second kappa shape index (κ2) is 52.5. The third-order valence-corrected chi connectivity index (χ3v) is 16.5. The highest BCUT2D eigenvalue weighted by molar-refractivity contribution is 5.76. The molecule has 1 amide bonds. The molecule has 0 aromatic heterocycles. The highest BCUT2D eigenvalue weighted by Gasteiger charge is 2.51. The summed E-state index contributed by atoms with van der Waals surface area (Å²) in [4.78, 5) is 13.2. The number of aliphatic hydroxyl groups excluding tert-OH is 8. The quantitative estimate of drug-likeness (QED) is 0.0204. The topological polar surface area (TPSA) is 228 Å². The van der Waals surface area contributed by atoms with E-state index in [1.165, 1.54) is 212 Å². The summed E-state index contributed by atoms with van der Waals surface area (Å²) in [5.41, 5.74) is 0. The Hall–Kier alpha value is -1.79. The van der Waals surface area contributed by atoms with Gasteiger partial charge in [-0.1, -0.05) is 269 Å². The van der Waals surface area contributed by atoms with Gasteiger partial charge in [0, 0.05) is 6.42 Å². The molecule has 12 atom stereocenters. The Bertz CT molecular complexity index is 1500. The zero-order valence-electron chi connectivity index (χ0n) is 51.5. The minimum atomic E-state index is -1.79. The number of amides is 1. The van der Waals surface area contributed by atoms with Crippen LogP contribution in [0.3, 0.4) is 0 Å². The van der Waals surface area contributed by atoms with Crippen molar-refractivity contribution in [2.45, 2.75) is 364 Å². The van der Waals surface area contributed by atoms with Gasteiger partial charge in [-0.05, 0) is 51.4 Å². The van der Waals surface area contributed by atoms with Crippen molar-refractivity contribution in [2.24, 2.45) is 0 Å². The first-order chi connectivity index (χ1) is 39.6. The van der Waals surface area contributed by atoms with Gasteiger partial charge in [-0.2, -0.15) is 0 Å². The van der Waals surface area contributed by atoms with Gasteiger partial charge in [-0.15, -0.1) is 0 Å². The molecule has 14 heteroatoms. The minimum absolute atomic E-state index is 0.248. The van der Waals surface area contributed by atoms with Crippen molar-refractivity contribution < 1.29 is 64.6 Å². The molecule has 12 unspecified atom stereocenters. The van der Waals surface area contributed by atoms with Crippen molar-refractivity contribution in [3.8, 4) is 0 Å². The lowest BCUT2D eigenvalue weighted by molar-refractivity contribution is -0.359. The maximum atomic E-state index is 13.2. The first kappa shape index (κ1) is 75.3. The van der Waals surface area contributed by atoms with Crippen LogP contribution in [0.5, 0.6) is 0 Å². The number of hydrogen-bond donors (Lipinski definition) is 9. The smallest absolute Gasteiger partial charge is 0.220 e. The van der Waals surface area contributed by atoms with E-state index in [9.17, 15) is 45.6 Å². The van der Waals surface area contributed by atoms with Crippen LogP contribution < -0.4 is 5.32 Å². The molecule has 81 heavy (non-hydrogen) atoms. The number of allylic oxidation sites excluding steroid dienone is 5. The molecule has 9 N–H and O–H groups in total. The van der Waals surface area contributed by atoms with E-state index in [1.807, 2.05) is 6.08 Å². The van der Waals surface area contributed by atoms with Crippen LogP contribution in [-0.4, -0.2) is 140 Å². The number of unbranched alkanes of at least 4 members (excludes halogenated alkanes) is 38. The monoisotopic (exact) mass is 1150 g/mol. The highest BCUT2D eigenvalue weighted by Crippen LogP contribution is 2.30. The maximum absolute atomic E-state index is 13.2. The molecular weight excluding hydrogens is 1030 g/mol. The van der Waals surface area contributed by atoms with E-state index in [1.54, 1.807) is 6.08 Å². The molecule has 0 aromatic carbocycles. The Balaban J connectivity index is 1.49. The molecule has 0 aliphatic carbocycles.